The maximum absolute atomic E-state index is 11.3. The van der Waals surface area contributed by atoms with Crippen molar-refractivity contribution < 1.29 is 78.3 Å². The fraction of sp³-hybridized carbons (Fsp3) is 0.769. The topological polar surface area (TPSA) is 118 Å². The van der Waals surface area contributed by atoms with Crippen molar-refractivity contribution >= 4 is 25.9 Å². The summed E-state index contributed by atoms with van der Waals surface area (Å²) in [5, 5.41) is 2.79. The van der Waals surface area contributed by atoms with Crippen LogP contribution < -0.4 is 80.0 Å². The fourth-order valence-electron chi connectivity index (χ4n) is 2.72. The van der Waals surface area contributed by atoms with Crippen molar-refractivity contribution in [1.29, 1.82) is 0 Å². The Hall–Kier alpha value is 1.61. The third-order valence-electron chi connectivity index (χ3n) is 3.60. The number of nitrogens with one attached hydrogen (secondary N) is 1. The zero-order chi connectivity index (χ0) is 15.5. The summed E-state index contributed by atoms with van der Waals surface area (Å²) in [6.45, 7) is 5.55. The van der Waals surface area contributed by atoms with E-state index in [2.05, 4.69) is 5.32 Å². The molecule has 0 aliphatic heterocycles. The van der Waals surface area contributed by atoms with Crippen LogP contribution in [-0.4, -0.2) is 18.0 Å². The quantitative estimate of drug-likeness (QED) is 0.362. The summed E-state index contributed by atoms with van der Waals surface area (Å²) in [4.78, 5) is 33.4. The number of carbonyl (C=O) groups excluding carboxylic acids is 1. The molecule has 1 rings (SSSR count). The molecule has 0 aromatic rings. The second kappa shape index (κ2) is 12.9. The predicted molar refractivity (Wildman–Crippen MR) is 80.7 cm³/mol. The molecular weight excluding hydrogens is 361 g/mol. The summed E-state index contributed by atoms with van der Waals surface area (Å²) in [7, 11) is -4.70. The van der Waals surface area contributed by atoms with E-state index in [1.807, 2.05) is 13.8 Å². The second-order valence-corrected chi connectivity index (χ2v) is 7.47. The van der Waals surface area contributed by atoms with Gasteiger partial charge in [-0.2, -0.15) is 0 Å². The Balaban J connectivity index is -0.00000133. The van der Waals surface area contributed by atoms with E-state index in [1.54, 1.807) is 0 Å². The van der Waals surface area contributed by atoms with Gasteiger partial charge in [0.05, 0.1) is 0 Å². The molecule has 0 fully saturated rings. The summed E-state index contributed by atoms with van der Waals surface area (Å²) >= 11 is 0. The molecule has 6 nitrogen and oxygen atoms in total. The minimum atomic E-state index is -4.70. The average Bonchev–Trinajstić information content (AvgIpc) is 2.25. The summed E-state index contributed by atoms with van der Waals surface area (Å²) in [6.07, 6.45) is 2.70. The van der Waals surface area contributed by atoms with Crippen LogP contribution in [0.2, 0.25) is 0 Å². The van der Waals surface area contributed by atoms with E-state index < -0.39 is 13.6 Å². The molecule has 0 aromatic carbocycles. The monoisotopic (exact) mass is 384 g/mol. The molecule has 1 aliphatic carbocycles. The number of nitrogens with two attached hydrogens (primary N) is 1. The predicted octanol–water partition coefficient (Wildman–Crippen LogP) is -5.50. The van der Waals surface area contributed by atoms with Crippen LogP contribution in [-0.2, 0) is 9.36 Å². The van der Waals surface area contributed by atoms with Gasteiger partial charge in [0.15, 0.2) is 0 Å². The van der Waals surface area contributed by atoms with Gasteiger partial charge >= 0.3 is 59.1 Å². The van der Waals surface area contributed by atoms with Crippen LogP contribution in [0.5, 0.6) is 0 Å². The molecule has 23 heavy (non-hydrogen) atoms. The molecule has 3 N–H and O–H groups in total. The number of amides is 1. The molecule has 0 aromatic heterocycles. The van der Waals surface area contributed by atoms with Gasteiger partial charge in [-0.15, -0.1) is 12.4 Å². The molecule has 0 unspecified atom stereocenters. The summed E-state index contributed by atoms with van der Waals surface area (Å²) in [5.74, 6) is 0.210. The van der Waals surface area contributed by atoms with Gasteiger partial charge in [0.1, 0.15) is 0 Å². The summed E-state index contributed by atoms with van der Waals surface area (Å²) in [5.41, 5.74) is 6.03. The Bertz CT molecular complexity index is 446. The van der Waals surface area contributed by atoms with Crippen molar-refractivity contribution in [2.24, 2.45) is 17.6 Å². The van der Waals surface area contributed by atoms with Crippen molar-refractivity contribution in [3.05, 3.63) is 11.4 Å². The molecule has 1 aliphatic rings. The van der Waals surface area contributed by atoms with Crippen LogP contribution in [0.3, 0.4) is 0 Å². The third-order valence-corrected chi connectivity index (χ3v) is 4.67. The molecular formula is C13H24ClN2Na2O4P. The Kier molecular flexibility index (Phi) is 16.5. The number of hydrogen-bond acceptors (Lipinski definition) is 5. The van der Waals surface area contributed by atoms with E-state index in [0.29, 0.717) is 12.3 Å². The molecule has 0 saturated heterocycles. The van der Waals surface area contributed by atoms with Gasteiger partial charge in [0.2, 0.25) is 5.91 Å². The summed E-state index contributed by atoms with van der Waals surface area (Å²) in [6, 6.07) is -0.528. The molecule has 0 bridgehead atoms. The smallest absolute Gasteiger partial charge is 0.808 e. The molecule has 10 heteroatoms. The molecule has 0 saturated carbocycles. The molecule has 0 heterocycles. The van der Waals surface area contributed by atoms with Gasteiger partial charge in [0.25, 0.3) is 0 Å². The van der Waals surface area contributed by atoms with Gasteiger partial charge in [-0.05, 0) is 44.0 Å². The Morgan fingerprint density at radius 2 is 1.96 bits per heavy atom. The van der Waals surface area contributed by atoms with Gasteiger partial charge in [-0.1, -0.05) is 19.9 Å². The second-order valence-electron chi connectivity index (χ2n) is 5.90. The van der Waals surface area contributed by atoms with Crippen molar-refractivity contribution in [2.45, 2.75) is 52.1 Å². The molecule has 0 spiro atoms. The zero-order valence-electron chi connectivity index (χ0n) is 14.6. The van der Waals surface area contributed by atoms with Crippen LogP contribution >= 0.6 is 20.0 Å². The van der Waals surface area contributed by atoms with Crippen molar-refractivity contribution in [3.8, 4) is 0 Å². The van der Waals surface area contributed by atoms with Crippen LogP contribution in [0.25, 0.3) is 0 Å². The van der Waals surface area contributed by atoms with Crippen LogP contribution in [0.15, 0.2) is 11.4 Å². The third kappa shape index (κ3) is 10.4. The first-order chi connectivity index (χ1) is 9.11. The number of allylic oxidation sites excluding steroid dienone is 1. The first-order valence-electron chi connectivity index (χ1n) is 6.85. The largest absolute Gasteiger partial charge is 1.00 e. The standard InChI is InChI=1S/C13H25N2O4P.ClH.2Na/c1-8(2)6-13(15-9(3)16)11-5-4-10(7-12(11)14)20(17,18)19;;;/h4,8,11-13H,5-7,14H2,1-3H3,(H,15,16)(H2,17,18,19);1H;;/q;;2*+1/p-2/t11-,12-,13-;;;/m0.../s1. The fourth-order valence-corrected chi connectivity index (χ4v) is 3.48. The SMILES string of the molecule is CC(=O)N[C@@H](CC(C)C)[C@H]1CC=C(P(=O)([O-])[O-])C[C@@H]1N.Cl.[Na+].[Na+]. The van der Waals surface area contributed by atoms with Crippen molar-refractivity contribution in [2.75, 3.05) is 0 Å². The first kappa shape index (κ1) is 29.4. The van der Waals surface area contributed by atoms with Crippen LogP contribution in [0.4, 0.5) is 0 Å². The molecule has 1 amide bonds. The van der Waals surface area contributed by atoms with Gasteiger partial charge in [0, 0.05) is 19.0 Å². The number of halogens is 1. The first-order valence-corrected chi connectivity index (χ1v) is 8.39. The maximum atomic E-state index is 11.3. The van der Waals surface area contributed by atoms with E-state index in [0.717, 1.165) is 6.42 Å². The average molecular weight is 385 g/mol. The zero-order valence-corrected chi connectivity index (χ0v) is 20.3. The maximum Gasteiger partial charge on any atom is 1.00 e. The van der Waals surface area contributed by atoms with Gasteiger partial charge in [-0.25, -0.2) is 0 Å². The number of hydrogen-bond donors (Lipinski definition) is 2. The van der Waals surface area contributed by atoms with E-state index >= 15 is 0 Å². The van der Waals surface area contributed by atoms with Crippen molar-refractivity contribution in [1.82, 2.24) is 5.32 Å². The van der Waals surface area contributed by atoms with Gasteiger partial charge in [-0.3, -0.25) is 4.79 Å². The van der Waals surface area contributed by atoms with E-state index in [4.69, 9.17) is 5.73 Å². The van der Waals surface area contributed by atoms with E-state index in [1.165, 1.54) is 13.0 Å². The van der Waals surface area contributed by atoms with Gasteiger partial charge < -0.3 is 25.4 Å². The Labute approximate surface area is 189 Å². The Morgan fingerprint density at radius 3 is 2.30 bits per heavy atom. The summed E-state index contributed by atoms with van der Waals surface area (Å²) < 4.78 is 11.0. The van der Waals surface area contributed by atoms with Crippen LogP contribution in [0, 0.1) is 11.8 Å². The number of carbonyl (C=O) groups is 1. The minimum absolute atomic E-state index is 0. The van der Waals surface area contributed by atoms with E-state index in [-0.39, 0.29) is 101 Å². The normalized spacial score (nSPS) is 22.0. The Morgan fingerprint density at radius 1 is 1.43 bits per heavy atom. The van der Waals surface area contributed by atoms with E-state index in [9.17, 15) is 19.1 Å². The van der Waals surface area contributed by atoms with Crippen LogP contribution in [0.1, 0.15) is 40.0 Å². The minimum Gasteiger partial charge on any atom is -0.808 e. The molecule has 0 radical (unpaired) electrons. The number of rotatable bonds is 5. The van der Waals surface area contributed by atoms with Crippen molar-refractivity contribution in [3.63, 3.8) is 0 Å². The molecule has 3 atom stereocenters. The molecule has 124 valence electrons.